The zero-order chi connectivity index (χ0) is 19.9. The maximum atomic E-state index is 12.6. The van der Waals surface area contributed by atoms with Crippen molar-refractivity contribution in [1.29, 1.82) is 0 Å². The molecule has 2 aromatic rings. The SMILES string of the molecule is COc1ccc(OC)c([C@H](C)NC(=O)CN2CCCN(c3nccs3)CC2)c1. The molecule has 0 saturated carbocycles. The van der Waals surface area contributed by atoms with Crippen LogP contribution in [0.3, 0.4) is 0 Å². The van der Waals surface area contributed by atoms with E-state index in [1.165, 1.54) is 0 Å². The van der Waals surface area contributed by atoms with E-state index in [-0.39, 0.29) is 11.9 Å². The van der Waals surface area contributed by atoms with Crippen LogP contribution in [0.1, 0.15) is 24.9 Å². The number of anilines is 1. The Morgan fingerprint density at radius 1 is 1.25 bits per heavy atom. The highest BCUT2D eigenvalue weighted by Crippen LogP contribution is 2.29. The molecule has 0 bridgehead atoms. The summed E-state index contributed by atoms with van der Waals surface area (Å²) in [6.45, 7) is 5.98. The summed E-state index contributed by atoms with van der Waals surface area (Å²) >= 11 is 1.66. The van der Waals surface area contributed by atoms with E-state index in [9.17, 15) is 4.79 Å². The molecule has 1 aliphatic rings. The molecule has 28 heavy (non-hydrogen) atoms. The van der Waals surface area contributed by atoms with Gasteiger partial charge in [0, 0.05) is 43.3 Å². The van der Waals surface area contributed by atoms with Crippen molar-refractivity contribution >= 4 is 22.4 Å². The van der Waals surface area contributed by atoms with Crippen molar-refractivity contribution in [3.8, 4) is 11.5 Å². The second-order valence-electron chi connectivity index (χ2n) is 6.83. The normalized spacial score (nSPS) is 16.3. The van der Waals surface area contributed by atoms with Gasteiger partial charge in [-0.1, -0.05) is 0 Å². The first-order valence-electron chi connectivity index (χ1n) is 9.48. The fraction of sp³-hybridized carbons (Fsp3) is 0.500. The van der Waals surface area contributed by atoms with Crippen molar-refractivity contribution in [3.63, 3.8) is 0 Å². The minimum absolute atomic E-state index is 0.0140. The first-order chi connectivity index (χ1) is 13.6. The number of carbonyl (C=O) groups excluding carboxylic acids is 1. The molecule has 3 rings (SSSR count). The average Bonchev–Trinajstić information content (AvgIpc) is 3.14. The van der Waals surface area contributed by atoms with Crippen LogP contribution in [-0.2, 0) is 4.79 Å². The Labute approximate surface area is 170 Å². The number of hydrogen-bond donors (Lipinski definition) is 1. The fourth-order valence-corrected chi connectivity index (χ4v) is 4.13. The zero-order valence-electron chi connectivity index (χ0n) is 16.7. The summed E-state index contributed by atoms with van der Waals surface area (Å²) in [4.78, 5) is 21.5. The molecule has 7 nitrogen and oxygen atoms in total. The van der Waals surface area contributed by atoms with Crippen LogP contribution in [-0.4, -0.2) is 62.7 Å². The van der Waals surface area contributed by atoms with Gasteiger partial charge in [-0.2, -0.15) is 0 Å². The van der Waals surface area contributed by atoms with Crippen LogP contribution in [0.5, 0.6) is 11.5 Å². The first kappa shape index (κ1) is 20.4. The lowest BCUT2D eigenvalue weighted by atomic mass is 10.1. The number of thiazole rings is 1. The van der Waals surface area contributed by atoms with E-state index in [2.05, 4.69) is 20.1 Å². The molecule has 1 aromatic heterocycles. The first-order valence-corrected chi connectivity index (χ1v) is 10.4. The summed E-state index contributed by atoms with van der Waals surface area (Å²) in [6.07, 6.45) is 2.86. The third-order valence-corrected chi connectivity index (χ3v) is 5.76. The minimum Gasteiger partial charge on any atom is -0.497 e. The van der Waals surface area contributed by atoms with Crippen molar-refractivity contribution < 1.29 is 14.3 Å². The van der Waals surface area contributed by atoms with E-state index < -0.39 is 0 Å². The number of ether oxygens (including phenoxy) is 2. The monoisotopic (exact) mass is 404 g/mol. The van der Waals surface area contributed by atoms with Gasteiger partial charge in [0.1, 0.15) is 11.5 Å². The van der Waals surface area contributed by atoms with Crippen molar-refractivity contribution in [2.24, 2.45) is 0 Å². The lowest BCUT2D eigenvalue weighted by Crippen LogP contribution is -2.40. The maximum Gasteiger partial charge on any atom is 0.234 e. The molecule has 0 unspecified atom stereocenters. The Kier molecular flexibility index (Phi) is 7.11. The Hall–Kier alpha value is -2.32. The second kappa shape index (κ2) is 9.75. The highest BCUT2D eigenvalue weighted by molar-refractivity contribution is 7.13. The predicted molar refractivity (Wildman–Crippen MR) is 111 cm³/mol. The molecule has 1 aliphatic heterocycles. The summed E-state index contributed by atoms with van der Waals surface area (Å²) in [7, 11) is 3.26. The number of rotatable bonds is 7. The van der Waals surface area contributed by atoms with Gasteiger partial charge in [-0.15, -0.1) is 11.3 Å². The average molecular weight is 405 g/mol. The van der Waals surface area contributed by atoms with E-state index in [0.29, 0.717) is 6.54 Å². The van der Waals surface area contributed by atoms with Crippen LogP contribution in [0.2, 0.25) is 0 Å². The second-order valence-corrected chi connectivity index (χ2v) is 7.70. The molecule has 1 atom stereocenters. The minimum atomic E-state index is -0.170. The van der Waals surface area contributed by atoms with Gasteiger partial charge in [0.2, 0.25) is 5.91 Å². The van der Waals surface area contributed by atoms with Crippen LogP contribution in [0.4, 0.5) is 5.13 Å². The topological polar surface area (TPSA) is 66.9 Å². The number of nitrogens with one attached hydrogen (secondary N) is 1. The Morgan fingerprint density at radius 3 is 2.82 bits per heavy atom. The molecule has 2 heterocycles. The van der Waals surface area contributed by atoms with Gasteiger partial charge in [-0.3, -0.25) is 9.69 Å². The van der Waals surface area contributed by atoms with Gasteiger partial charge < -0.3 is 19.7 Å². The Balaban J connectivity index is 1.55. The van der Waals surface area contributed by atoms with Crippen LogP contribution < -0.4 is 19.7 Å². The predicted octanol–water partition coefficient (Wildman–Crippen LogP) is 2.55. The number of amides is 1. The van der Waals surface area contributed by atoms with Gasteiger partial charge in [0.25, 0.3) is 0 Å². The molecule has 8 heteroatoms. The smallest absolute Gasteiger partial charge is 0.234 e. The molecular weight excluding hydrogens is 376 g/mol. The van der Waals surface area contributed by atoms with Gasteiger partial charge >= 0.3 is 0 Å². The van der Waals surface area contributed by atoms with Crippen LogP contribution >= 0.6 is 11.3 Å². The van der Waals surface area contributed by atoms with E-state index in [4.69, 9.17) is 9.47 Å². The van der Waals surface area contributed by atoms with E-state index in [1.54, 1.807) is 25.6 Å². The van der Waals surface area contributed by atoms with E-state index in [0.717, 1.165) is 54.8 Å². The molecule has 1 N–H and O–H groups in total. The Bertz CT molecular complexity index is 769. The van der Waals surface area contributed by atoms with Gasteiger partial charge in [-0.25, -0.2) is 4.98 Å². The van der Waals surface area contributed by atoms with Crippen molar-refractivity contribution in [2.75, 3.05) is 51.8 Å². The number of aromatic nitrogens is 1. The number of hydrogen-bond acceptors (Lipinski definition) is 7. The lowest BCUT2D eigenvalue weighted by molar-refractivity contribution is -0.122. The third-order valence-electron chi connectivity index (χ3n) is 4.93. The van der Waals surface area contributed by atoms with E-state index in [1.807, 2.05) is 36.7 Å². The Morgan fingerprint density at radius 2 is 2.11 bits per heavy atom. The van der Waals surface area contributed by atoms with E-state index >= 15 is 0 Å². The molecule has 1 saturated heterocycles. The molecule has 1 fully saturated rings. The summed E-state index contributed by atoms with van der Waals surface area (Å²) in [5.41, 5.74) is 0.904. The lowest BCUT2D eigenvalue weighted by Gasteiger charge is -2.23. The molecule has 1 aromatic carbocycles. The summed E-state index contributed by atoms with van der Waals surface area (Å²) < 4.78 is 10.7. The summed E-state index contributed by atoms with van der Waals surface area (Å²) in [5, 5.41) is 6.15. The van der Waals surface area contributed by atoms with Gasteiger partial charge in [-0.05, 0) is 31.5 Å². The maximum absolute atomic E-state index is 12.6. The van der Waals surface area contributed by atoms with Gasteiger partial charge in [0.15, 0.2) is 5.13 Å². The van der Waals surface area contributed by atoms with Crippen molar-refractivity contribution in [2.45, 2.75) is 19.4 Å². The molecule has 0 radical (unpaired) electrons. The molecule has 0 aliphatic carbocycles. The van der Waals surface area contributed by atoms with Crippen molar-refractivity contribution in [1.82, 2.24) is 15.2 Å². The highest BCUT2D eigenvalue weighted by atomic mass is 32.1. The fourth-order valence-electron chi connectivity index (χ4n) is 3.44. The van der Waals surface area contributed by atoms with Crippen LogP contribution in [0.25, 0.3) is 0 Å². The van der Waals surface area contributed by atoms with Crippen LogP contribution in [0.15, 0.2) is 29.8 Å². The number of nitrogens with zero attached hydrogens (tertiary/aromatic N) is 3. The molecular formula is C20H28N4O3S. The quantitative estimate of drug-likeness (QED) is 0.765. The van der Waals surface area contributed by atoms with Gasteiger partial charge in [0.05, 0.1) is 26.8 Å². The van der Waals surface area contributed by atoms with Crippen LogP contribution in [0, 0.1) is 0 Å². The molecule has 0 spiro atoms. The summed E-state index contributed by atoms with van der Waals surface area (Å²) in [6, 6.07) is 5.44. The number of benzene rings is 1. The van der Waals surface area contributed by atoms with Crippen molar-refractivity contribution in [3.05, 3.63) is 35.3 Å². The molecule has 152 valence electrons. The third kappa shape index (κ3) is 5.14. The highest BCUT2D eigenvalue weighted by Gasteiger charge is 2.20. The zero-order valence-corrected chi connectivity index (χ0v) is 17.5. The number of methoxy groups -OCH3 is 2. The molecule has 1 amide bonds. The largest absolute Gasteiger partial charge is 0.497 e. The summed E-state index contributed by atoms with van der Waals surface area (Å²) in [5.74, 6) is 1.49. The number of carbonyl (C=O) groups is 1. The standard InChI is InChI=1S/C20H28N4O3S/c1-15(17-13-16(26-2)5-6-18(17)27-3)22-19(25)14-23-8-4-9-24(11-10-23)20-21-7-12-28-20/h5-7,12-13,15H,4,8-11,14H2,1-3H3,(H,22,25)/t15-/m0/s1.